The van der Waals surface area contributed by atoms with Gasteiger partial charge in [0.25, 0.3) is 0 Å². The first kappa shape index (κ1) is 11.7. The minimum absolute atomic E-state index is 0.0188. The van der Waals surface area contributed by atoms with Crippen molar-refractivity contribution in [2.45, 2.75) is 18.7 Å². The highest BCUT2D eigenvalue weighted by Gasteiger charge is 2.32. The summed E-state index contributed by atoms with van der Waals surface area (Å²) in [6.07, 6.45) is -4.25. The Morgan fingerprint density at radius 3 is 2.36 bits per heavy atom. The van der Waals surface area contributed by atoms with Crippen molar-refractivity contribution in [3.05, 3.63) is 0 Å². The summed E-state index contributed by atoms with van der Waals surface area (Å²) in [5.41, 5.74) is -0.221. The summed E-state index contributed by atoms with van der Waals surface area (Å²) in [6, 6.07) is 0. The zero-order valence-corrected chi connectivity index (χ0v) is 7.99. The van der Waals surface area contributed by atoms with E-state index >= 15 is 0 Å². The molecule has 84 valence electrons. The van der Waals surface area contributed by atoms with Crippen molar-refractivity contribution in [3.63, 3.8) is 0 Å². The van der Waals surface area contributed by atoms with Gasteiger partial charge in [-0.25, -0.2) is 0 Å². The molecule has 1 aliphatic rings. The summed E-state index contributed by atoms with van der Waals surface area (Å²) >= 11 is 0. The fraction of sp³-hybridized carbons (Fsp3) is 1.00. The summed E-state index contributed by atoms with van der Waals surface area (Å²) in [5.74, 6) is 0. The SMILES string of the molecule is CC1(OCCOCC(F)(F)F)CNC1. The standard InChI is InChI=1S/C8H14F3NO2/c1-7(4-12-5-7)14-3-2-13-6-8(9,10)11/h12H,2-6H2,1H3. The van der Waals surface area contributed by atoms with E-state index in [2.05, 4.69) is 10.1 Å². The van der Waals surface area contributed by atoms with E-state index in [-0.39, 0.29) is 18.8 Å². The van der Waals surface area contributed by atoms with E-state index < -0.39 is 12.8 Å². The summed E-state index contributed by atoms with van der Waals surface area (Å²) in [6.45, 7) is 2.38. The van der Waals surface area contributed by atoms with Gasteiger partial charge in [0, 0.05) is 13.1 Å². The van der Waals surface area contributed by atoms with Gasteiger partial charge >= 0.3 is 6.18 Å². The summed E-state index contributed by atoms with van der Waals surface area (Å²) < 4.78 is 44.6. The Kier molecular flexibility index (Phi) is 3.74. The molecule has 1 heterocycles. The number of rotatable bonds is 5. The average molecular weight is 213 g/mol. The fourth-order valence-corrected chi connectivity index (χ4v) is 1.11. The van der Waals surface area contributed by atoms with Gasteiger partial charge in [-0.15, -0.1) is 0 Å². The molecule has 0 aliphatic carbocycles. The predicted octanol–water partition coefficient (Wildman–Crippen LogP) is 0.944. The van der Waals surface area contributed by atoms with Crippen LogP contribution >= 0.6 is 0 Å². The zero-order valence-electron chi connectivity index (χ0n) is 7.99. The van der Waals surface area contributed by atoms with Gasteiger partial charge in [-0.2, -0.15) is 13.2 Å². The second kappa shape index (κ2) is 4.46. The number of hydrogen-bond donors (Lipinski definition) is 1. The third-order valence-electron chi connectivity index (χ3n) is 1.94. The molecule has 14 heavy (non-hydrogen) atoms. The van der Waals surface area contributed by atoms with Gasteiger partial charge < -0.3 is 14.8 Å². The molecule has 6 heteroatoms. The third-order valence-corrected chi connectivity index (χ3v) is 1.94. The van der Waals surface area contributed by atoms with E-state index in [4.69, 9.17) is 4.74 Å². The summed E-state index contributed by atoms with van der Waals surface area (Å²) in [4.78, 5) is 0. The predicted molar refractivity (Wildman–Crippen MR) is 44.1 cm³/mol. The molecule has 1 rings (SSSR count). The van der Waals surface area contributed by atoms with Gasteiger partial charge in [-0.1, -0.05) is 0 Å². The van der Waals surface area contributed by atoms with E-state index in [0.717, 1.165) is 13.1 Å². The van der Waals surface area contributed by atoms with E-state index in [0.29, 0.717) is 0 Å². The topological polar surface area (TPSA) is 30.5 Å². The van der Waals surface area contributed by atoms with Crippen molar-refractivity contribution >= 4 is 0 Å². The van der Waals surface area contributed by atoms with Crippen LogP contribution in [-0.4, -0.2) is 44.7 Å². The molecule has 0 saturated carbocycles. The summed E-state index contributed by atoms with van der Waals surface area (Å²) in [5, 5.41) is 3.02. The van der Waals surface area contributed by atoms with Crippen LogP contribution in [0.4, 0.5) is 13.2 Å². The summed E-state index contributed by atoms with van der Waals surface area (Å²) in [7, 11) is 0. The molecule has 1 saturated heterocycles. The number of halogens is 3. The minimum atomic E-state index is -4.25. The molecule has 0 aromatic heterocycles. The Labute approximate surface area is 80.6 Å². The van der Waals surface area contributed by atoms with Crippen LogP contribution < -0.4 is 5.32 Å². The molecule has 0 atom stereocenters. The monoisotopic (exact) mass is 213 g/mol. The molecular formula is C8H14F3NO2. The van der Waals surface area contributed by atoms with E-state index in [9.17, 15) is 13.2 Å². The number of alkyl halides is 3. The Bertz CT molecular complexity index is 180. The van der Waals surface area contributed by atoms with Crippen molar-refractivity contribution in [2.75, 3.05) is 32.9 Å². The lowest BCUT2D eigenvalue weighted by Crippen LogP contribution is -2.59. The van der Waals surface area contributed by atoms with Crippen molar-refractivity contribution in [1.82, 2.24) is 5.32 Å². The van der Waals surface area contributed by atoms with E-state index in [1.165, 1.54) is 0 Å². The highest BCUT2D eigenvalue weighted by Crippen LogP contribution is 2.16. The quantitative estimate of drug-likeness (QED) is 0.689. The normalized spacial score (nSPS) is 20.6. The maximum atomic E-state index is 11.6. The lowest BCUT2D eigenvalue weighted by atomic mass is 10.0. The maximum Gasteiger partial charge on any atom is 0.411 e. The van der Waals surface area contributed by atoms with Crippen LogP contribution in [0, 0.1) is 0 Å². The van der Waals surface area contributed by atoms with Crippen LogP contribution in [0.2, 0.25) is 0 Å². The van der Waals surface area contributed by atoms with Crippen LogP contribution in [0.3, 0.4) is 0 Å². The van der Waals surface area contributed by atoms with Gasteiger partial charge in [0.2, 0.25) is 0 Å². The van der Waals surface area contributed by atoms with Crippen LogP contribution in [0.1, 0.15) is 6.92 Å². The van der Waals surface area contributed by atoms with Gasteiger partial charge in [-0.05, 0) is 6.92 Å². The number of hydrogen-bond acceptors (Lipinski definition) is 3. The largest absolute Gasteiger partial charge is 0.411 e. The van der Waals surface area contributed by atoms with Crippen LogP contribution in [0.25, 0.3) is 0 Å². The van der Waals surface area contributed by atoms with Crippen LogP contribution in [0.5, 0.6) is 0 Å². The zero-order chi connectivity index (χ0) is 10.7. The fourth-order valence-electron chi connectivity index (χ4n) is 1.11. The van der Waals surface area contributed by atoms with Crippen molar-refractivity contribution in [3.8, 4) is 0 Å². The molecule has 0 aromatic carbocycles. The Morgan fingerprint density at radius 2 is 1.93 bits per heavy atom. The highest BCUT2D eigenvalue weighted by molar-refractivity contribution is 4.89. The first-order valence-electron chi connectivity index (χ1n) is 4.40. The van der Waals surface area contributed by atoms with Gasteiger partial charge in [0.15, 0.2) is 0 Å². The molecule has 0 amide bonds. The second-order valence-corrected chi connectivity index (χ2v) is 3.57. The van der Waals surface area contributed by atoms with E-state index in [1.807, 2.05) is 6.92 Å². The third kappa shape index (κ3) is 4.26. The van der Waals surface area contributed by atoms with Gasteiger partial charge in [0.05, 0.1) is 18.8 Å². The molecule has 1 fully saturated rings. The smallest absolute Gasteiger partial charge is 0.370 e. The molecule has 0 unspecified atom stereocenters. The van der Waals surface area contributed by atoms with Crippen LogP contribution in [-0.2, 0) is 9.47 Å². The molecule has 1 N–H and O–H groups in total. The minimum Gasteiger partial charge on any atom is -0.370 e. The van der Waals surface area contributed by atoms with Crippen LogP contribution in [0.15, 0.2) is 0 Å². The molecule has 1 aliphatic heterocycles. The molecule has 0 radical (unpaired) electrons. The first-order valence-corrected chi connectivity index (χ1v) is 4.40. The maximum absolute atomic E-state index is 11.6. The number of ether oxygens (including phenoxy) is 2. The first-order chi connectivity index (χ1) is 6.41. The molecule has 0 aromatic rings. The van der Waals surface area contributed by atoms with Crippen molar-refractivity contribution in [2.24, 2.45) is 0 Å². The Morgan fingerprint density at radius 1 is 1.29 bits per heavy atom. The Hall–Kier alpha value is -0.330. The lowest BCUT2D eigenvalue weighted by Gasteiger charge is -2.39. The average Bonchev–Trinajstić information content (AvgIpc) is 1.98. The molecule has 0 spiro atoms. The Balaban J connectivity index is 1.94. The highest BCUT2D eigenvalue weighted by atomic mass is 19.4. The lowest BCUT2D eigenvalue weighted by molar-refractivity contribution is -0.180. The number of nitrogens with one attached hydrogen (secondary N) is 1. The molecular weight excluding hydrogens is 199 g/mol. The molecule has 3 nitrogen and oxygen atoms in total. The van der Waals surface area contributed by atoms with E-state index in [1.54, 1.807) is 0 Å². The van der Waals surface area contributed by atoms with Crippen molar-refractivity contribution in [1.29, 1.82) is 0 Å². The second-order valence-electron chi connectivity index (χ2n) is 3.57. The molecule has 0 bridgehead atoms. The van der Waals surface area contributed by atoms with Gasteiger partial charge in [0.1, 0.15) is 6.61 Å². The van der Waals surface area contributed by atoms with Gasteiger partial charge in [-0.3, -0.25) is 0 Å². The van der Waals surface area contributed by atoms with Crippen molar-refractivity contribution < 1.29 is 22.6 Å².